The average Bonchev–Trinajstić information content (AvgIpc) is 2.43. The Morgan fingerprint density at radius 3 is 1.95 bits per heavy atom. The van der Waals surface area contributed by atoms with Gasteiger partial charge in [0.1, 0.15) is 11.5 Å². The fourth-order valence-corrected chi connectivity index (χ4v) is 2.88. The minimum absolute atomic E-state index is 0.145. The van der Waals surface area contributed by atoms with Crippen LogP contribution in [-0.2, 0) is 10.8 Å². The van der Waals surface area contributed by atoms with E-state index in [9.17, 15) is 5.11 Å². The highest BCUT2D eigenvalue weighted by molar-refractivity contribution is 6.74. The molecule has 4 nitrogen and oxygen atoms in total. The smallest absolute Gasteiger partial charge is 0.192 e. The van der Waals surface area contributed by atoms with Gasteiger partial charge in [0.05, 0.1) is 26.9 Å². The molecule has 0 aliphatic carbocycles. The number of ether oxygens (including phenoxy) is 2. The number of aliphatic hydroxyl groups is 1. The molecular formula is C17H30O4Si. The molecule has 0 aliphatic rings. The normalized spacial score (nSPS) is 13.8. The zero-order valence-corrected chi connectivity index (χ0v) is 15.9. The molecule has 1 rings (SSSR count). The van der Waals surface area contributed by atoms with Crippen molar-refractivity contribution >= 4 is 8.32 Å². The molecule has 0 bridgehead atoms. The maximum atomic E-state index is 10.3. The molecule has 0 spiro atoms. The van der Waals surface area contributed by atoms with E-state index in [1.165, 1.54) is 0 Å². The lowest BCUT2D eigenvalue weighted by Crippen LogP contribution is -2.42. The highest BCUT2D eigenvalue weighted by Gasteiger charge is 2.37. The molecule has 0 fully saturated rings. The predicted molar refractivity (Wildman–Crippen MR) is 92.4 cm³/mol. The number of rotatable bonds is 7. The summed E-state index contributed by atoms with van der Waals surface area (Å²) in [6.45, 7) is 11.3. The van der Waals surface area contributed by atoms with Crippen molar-refractivity contribution in [2.45, 2.75) is 51.4 Å². The summed E-state index contributed by atoms with van der Waals surface area (Å²) in [6.07, 6.45) is -0.0201. The summed E-state index contributed by atoms with van der Waals surface area (Å²) < 4.78 is 16.6. The van der Waals surface area contributed by atoms with Gasteiger partial charge in [-0.15, -0.1) is 0 Å². The van der Waals surface area contributed by atoms with Gasteiger partial charge < -0.3 is 19.0 Å². The summed E-state index contributed by atoms with van der Waals surface area (Å²) in [5.74, 6) is 1.46. The van der Waals surface area contributed by atoms with E-state index in [1.807, 2.05) is 18.2 Å². The Hall–Kier alpha value is -1.04. The summed E-state index contributed by atoms with van der Waals surface area (Å²) in [5.41, 5.74) is 0.975. The Labute approximate surface area is 135 Å². The van der Waals surface area contributed by atoms with Crippen LogP contribution in [0.3, 0.4) is 0 Å². The SMILES string of the molecule is COc1cc(C[C@@H](O)CO[Si](C)(C)C(C)(C)C)cc(OC)c1. The number of hydrogen-bond acceptors (Lipinski definition) is 4. The minimum atomic E-state index is -1.83. The Balaban J connectivity index is 2.67. The molecular weight excluding hydrogens is 296 g/mol. The third-order valence-corrected chi connectivity index (χ3v) is 8.83. The molecule has 0 radical (unpaired) electrons. The highest BCUT2D eigenvalue weighted by atomic mass is 28.4. The lowest BCUT2D eigenvalue weighted by molar-refractivity contribution is 0.1000. The summed E-state index contributed by atoms with van der Waals surface area (Å²) in [4.78, 5) is 0. The van der Waals surface area contributed by atoms with E-state index in [4.69, 9.17) is 13.9 Å². The largest absolute Gasteiger partial charge is 0.497 e. The fraction of sp³-hybridized carbons (Fsp3) is 0.647. The summed E-state index contributed by atoms with van der Waals surface area (Å²) in [5, 5.41) is 10.4. The second kappa shape index (κ2) is 7.48. The average molecular weight is 327 g/mol. The summed E-state index contributed by atoms with van der Waals surface area (Å²) in [7, 11) is 1.41. The van der Waals surface area contributed by atoms with Gasteiger partial charge in [-0.3, -0.25) is 0 Å². The van der Waals surface area contributed by atoms with Crippen molar-refractivity contribution in [1.29, 1.82) is 0 Å². The fourth-order valence-electron chi connectivity index (χ4n) is 1.84. The first-order valence-corrected chi connectivity index (χ1v) is 10.5. The van der Waals surface area contributed by atoms with Gasteiger partial charge in [0.15, 0.2) is 8.32 Å². The first-order chi connectivity index (χ1) is 10.1. The van der Waals surface area contributed by atoms with Gasteiger partial charge in [-0.1, -0.05) is 20.8 Å². The molecule has 0 aliphatic heterocycles. The first-order valence-electron chi connectivity index (χ1n) is 7.63. The lowest BCUT2D eigenvalue weighted by atomic mass is 10.1. The van der Waals surface area contributed by atoms with Crippen molar-refractivity contribution in [3.8, 4) is 11.5 Å². The van der Waals surface area contributed by atoms with Gasteiger partial charge in [-0.25, -0.2) is 0 Å². The van der Waals surface area contributed by atoms with Gasteiger partial charge in [0, 0.05) is 12.5 Å². The van der Waals surface area contributed by atoms with Gasteiger partial charge in [-0.05, 0) is 35.8 Å². The molecule has 22 heavy (non-hydrogen) atoms. The van der Waals surface area contributed by atoms with Gasteiger partial charge in [0.25, 0.3) is 0 Å². The van der Waals surface area contributed by atoms with Crippen molar-refractivity contribution in [2.75, 3.05) is 20.8 Å². The van der Waals surface area contributed by atoms with Crippen LogP contribution in [0.1, 0.15) is 26.3 Å². The van der Waals surface area contributed by atoms with Crippen LogP contribution in [0.25, 0.3) is 0 Å². The standard InChI is InChI=1S/C17H30O4Si/c1-17(2,3)22(6,7)21-12-14(18)8-13-9-15(19-4)11-16(10-13)20-5/h9-11,14,18H,8,12H2,1-7H3/t14-/m1/s1. The van der Waals surface area contributed by atoms with Crippen LogP contribution in [0, 0.1) is 0 Å². The van der Waals surface area contributed by atoms with Crippen molar-refractivity contribution in [1.82, 2.24) is 0 Å². The molecule has 0 heterocycles. The molecule has 0 saturated heterocycles. The number of hydrogen-bond donors (Lipinski definition) is 1. The Bertz CT molecular complexity index is 458. The monoisotopic (exact) mass is 326 g/mol. The van der Waals surface area contributed by atoms with Gasteiger partial charge in [0.2, 0.25) is 0 Å². The topological polar surface area (TPSA) is 47.9 Å². The van der Waals surface area contributed by atoms with Crippen molar-refractivity contribution in [2.24, 2.45) is 0 Å². The number of benzene rings is 1. The Morgan fingerprint density at radius 2 is 1.55 bits per heavy atom. The predicted octanol–water partition coefficient (Wildman–Crippen LogP) is 3.63. The van der Waals surface area contributed by atoms with E-state index in [2.05, 4.69) is 33.9 Å². The van der Waals surface area contributed by atoms with Crippen molar-refractivity contribution in [3.63, 3.8) is 0 Å². The van der Waals surface area contributed by atoms with Crippen LogP contribution in [-0.4, -0.2) is 40.4 Å². The van der Waals surface area contributed by atoms with Crippen LogP contribution < -0.4 is 9.47 Å². The van der Waals surface area contributed by atoms with E-state index < -0.39 is 14.4 Å². The highest BCUT2D eigenvalue weighted by Crippen LogP contribution is 2.36. The lowest BCUT2D eigenvalue weighted by Gasteiger charge is -2.36. The van der Waals surface area contributed by atoms with Gasteiger partial charge in [-0.2, -0.15) is 0 Å². The zero-order valence-electron chi connectivity index (χ0n) is 14.9. The molecule has 1 aromatic rings. The third-order valence-electron chi connectivity index (χ3n) is 4.33. The van der Waals surface area contributed by atoms with Crippen molar-refractivity contribution in [3.05, 3.63) is 23.8 Å². The molecule has 0 aromatic heterocycles. The van der Waals surface area contributed by atoms with Crippen LogP contribution in [0.15, 0.2) is 18.2 Å². The molecule has 0 saturated carbocycles. The maximum absolute atomic E-state index is 10.3. The molecule has 0 unspecified atom stereocenters. The van der Waals surface area contributed by atoms with E-state index in [1.54, 1.807) is 14.2 Å². The van der Waals surface area contributed by atoms with E-state index in [-0.39, 0.29) is 5.04 Å². The van der Waals surface area contributed by atoms with Crippen LogP contribution in [0.2, 0.25) is 18.1 Å². The Morgan fingerprint density at radius 1 is 1.05 bits per heavy atom. The third kappa shape index (κ3) is 5.30. The molecule has 126 valence electrons. The van der Waals surface area contributed by atoms with E-state index in [0.29, 0.717) is 13.0 Å². The molecule has 5 heteroatoms. The minimum Gasteiger partial charge on any atom is -0.497 e. The first kappa shape index (κ1) is 19.0. The molecule has 0 amide bonds. The van der Waals surface area contributed by atoms with E-state index in [0.717, 1.165) is 17.1 Å². The van der Waals surface area contributed by atoms with Gasteiger partial charge >= 0.3 is 0 Å². The molecule has 1 aromatic carbocycles. The van der Waals surface area contributed by atoms with Crippen molar-refractivity contribution < 1.29 is 19.0 Å². The second-order valence-corrected chi connectivity index (χ2v) is 12.0. The maximum Gasteiger partial charge on any atom is 0.192 e. The summed E-state index contributed by atoms with van der Waals surface area (Å²) >= 11 is 0. The molecule has 1 atom stereocenters. The van der Waals surface area contributed by atoms with E-state index >= 15 is 0 Å². The zero-order chi connectivity index (χ0) is 17.0. The summed E-state index contributed by atoms with van der Waals surface area (Å²) in [6, 6.07) is 5.65. The Kier molecular flexibility index (Phi) is 6.46. The van der Waals surface area contributed by atoms with Crippen LogP contribution >= 0.6 is 0 Å². The number of aliphatic hydroxyl groups excluding tert-OH is 1. The second-order valence-electron chi connectivity index (χ2n) is 7.15. The van der Waals surface area contributed by atoms with Crippen LogP contribution in [0.4, 0.5) is 0 Å². The molecule has 1 N–H and O–H groups in total. The van der Waals surface area contributed by atoms with Crippen LogP contribution in [0.5, 0.6) is 11.5 Å². The number of methoxy groups -OCH3 is 2. The quantitative estimate of drug-likeness (QED) is 0.777.